The van der Waals surface area contributed by atoms with Gasteiger partial charge >= 0.3 is 0 Å². The van der Waals surface area contributed by atoms with E-state index in [-0.39, 0.29) is 5.60 Å². The lowest BCUT2D eigenvalue weighted by molar-refractivity contribution is 0.0109. The van der Waals surface area contributed by atoms with Gasteiger partial charge in [-0.3, -0.25) is 0 Å². The predicted molar refractivity (Wildman–Crippen MR) is 85.5 cm³/mol. The lowest BCUT2D eigenvalue weighted by atomic mass is 9.79. The van der Waals surface area contributed by atoms with E-state index in [2.05, 4.69) is 18.1 Å². The third-order valence-corrected chi connectivity index (χ3v) is 5.21. The minimum Gasteiger partial charge on any atom is -0.487 e. The smallest absolute Gasteiger partial charge is 0.236 e. The van der Waals surface area contributed by atoms with E-state index < -0.39 is 0 Å². The molecule has 1 aliphatic carbocycles. The van der Waals surface area contributed by atoms with Crippen molar-refractivity contribution in [3.63, 3.8) is 0 Å². The van der Waals surface area contributed by atoms with Gasteiger partial charge in [0.2, 0.25) is 5.55 Å². The Hall–Kier alpha value is -1.97. The van der Waals surface area contributed by atoms with Crippen LogP contribution < -0.4 is 16.1 Å². The average molecular weight is 298 g/mol. The summed E-state index contributed by atoms with van der Waals surface area (Å²) in [6.07, 6.45) is 8.49. The fourth-order valence-corrected chi connectivity index (χ4v) is 3.95. The quantitative estimate of drug-likeness (QED) is 0.597. The van der Waals surface area contributed by atoms with Crippen molar-refractivity contribution in [2.75, 3.05) is 0 Å². The summed E-state index contributed by atoms with van der Waals surface area (Å²) in [5.41, 5.74) is 3.73. The van der Waals surface area contributed by atoms with Crippen LogP contribution in [0.4, 0.5) is 0 Å². The lowest BCUT2D eigenvalue weighted by Crippen LogP contribution is -2.41. The van der Waals surface area contributed by atoms with Gasteiger partial charge < -0.3 is 15.0 Å². The van der Waals surface area contributed by atoms with Crippen LogP contribution in [-0.4, -0.2) is 5.60 Å². The highest BCUT2D eigenvalue weighted by molar-refractivity contribution is 5.82. The van der Waals surface area contributed by atoms with E-state index in [0.29, 0.717) is 5.55 Å². The summed E-state index contributed by atoms with van der Waals surface area (Å²) < 4.78 is 12.2. The summed E-state index contributed by atoms with van der Waals surface area (Å²) in [7, 11) is 0. The van der Waals surface area contributed by atoms with E-state index in [0.717, 1.165) is 35.1 Å². The Balaban J connectivity index is 1.81. The zero-order chi connectivity index (χ0) is 15.2. The first-order valence-corrected chi connectivity index (χ1v) is 8.19. The van der Waals surface area contributed by atoms with Crippen molar-refractivity contribution in [2.24, 2.45) is 10.9 Å². The number of rotatable bonds is 0. The molecule has 1 spiro atoms. The number of hydrogen-bond donors (Lipinski definition) is 1. The van der Waals surface area contributed by atoms with E-state index in [4.69, 9.17) is 15.0 Å². The lowest BCUT2D eigenvalue weighted by Gasteiger charge is -2.41. The van der Waals surface area contributed by atoms with Gasteiger partial charge in [0.15, 0.2) is 0 Å². The first kappa shape index (κ1) is 13.7. The fourth-order valence-electron chi connectivity index (χ4n) is 3.95. The number of ether oxygens (including phenoxy) is 1. The van der Waals surface area contributed by atoms with Gasteiger partial charge in [0.25, 0.3) is 0 Å². The van der Waals surface area contributed by atoms with Crippen molar-refractivity contribution < 1.29 is 9.15 Å². The molecule has 1 aromatic heterocycles. The van der Waals surface area contributed by atoms with E-state index >= 15 is 0 Å². The van der Waals surface area contributed by atoms with Crippen LogP contribution in [0.1, 0.15) is 49.7 Å². The molecule has 2 aromatic rings. The first-order valence-electron chi connectivity index (χ1n) is 8.19. The van der Waals surface area contributed by atoms with E-state index in [1.807, 2.05) is 12.1 Å². The number of benzene rings is 1. The summed E-state index contributed by atoms with van der Waals surface area (Å²) in [5.74, 6) is 6.34. The van der Waals surface area contributed by atoms with E-state index in [9.17, 15) is 0 Å². The van der Waals surface area contributed by atoms with Crippen LogP contribution >= 0.6 is 0 Å². The van der Waals surface area contributed by atoms with Gasteiger partial charge in [-0.1, -0.05) is 6.42 Å². The molecule has 1 fully saturated rings. The topological polar surface area (TPSA) is 60.8 Å². The summed E-state index contributed by atoms with van der Waals surface area (Å²) in [6, 6.07) is 6.11. The minimum absolute atomic E-state index is 0.0593. The van der Waals surface area contributed by atoms with E-state index in [1.54, 1.807) is 0 Å². The highest BCUT2D eigenvalue weighted by Gasteiger charge is 2.37. The fraction of sp³-hybridized carbons (Fsp3) is 0.500. The summed E-state index contributed by atoms with van der Waals surface area (Å²) >= 11 is 0. The Morgan fingerprint density at radius 3 is 2.68 bits per heavy atom. The van der Waals surface area contributed by atoms with Crippen molar-refractivity contribution in [1.82, 2.24) is 0 Å². The van der Waals surface area contributed by atoms with Crippen LogP contribution in [0, 0.1) is 6.92 Å². The zero-order valence-corrected chi connectivity index (χ0v) is 13.0. The Kier molecular flexibility index (Phi) is 3.13. The number of hydrogen-bond acceptors (Lipinski definition) is 4. The maximum absolute atomic E-state index is 6.46. The molecule has 4 heteroatoms. The van der Waals surface area contributed by atoms with Gasteiger partial charge in [0, 0.05) is 17.5 Å². The van der Waals surface area contributed by atoms with Crippen LogP contribution in [0.15, 0.2) is 27.7 Å². The number of nitrogens with zero attached hydrogens (tertiary/aromatic N) is 1. The monoisotopic (exact) mass is 298 g/mol. The molecule has 4 rings (SSSR count). The van der Waals surface area contributed by atoms with Crippen LogP contribution in [0.5, 0.6) is 5.75 Å². The third kappa shape index (κ3) is 2.18. The molecule has 116 valence electrons. The van der Waals surface area contributed by atoms with Crippen LogP contribution in [-0.2, 0) is 6.42 Å². The molecule has 0 amide bonds. The molecule has 2 heterocycles. The maximum Gasteiger partial charge on any atom is 0.236 e. The van der Waals surface area contributed by atoms with Crippen LogP contribution in [0.3, 0.4) is 0 Å². The van der Waals surface area contributed by atoms with Gasteiger partial charge in [-0.25, -0.2) is 0 Å². The predicted octanol–water partition coefficient (Wildman–Crippen LogP) is 3.54. The Labute approximate surface area is 130 Å². The highest BCUT2D eigenvalue weighted by atomic mass is 16.5. The molecule has 1 aliphatic heterocycles. The molecular weight excluding hydrogens is 276 g/mol. The normalized spacial score (nSPS) is 20.9. The van der Waals surface area contributed by atoms with Crippen LogP contribution in [0.2, 0.25) is 0 Å². The van der Waals surface area contributed by atoms with Gasteiger partial charge in [-0.2, -0.15) is 0 Å². The second-order valence-corrected chi connectivity index (χ2v) is 6.70. The number of nitrogens with two attached hydrogens (primary N) is 1. The maximum atomic E-state index is 6.46. The second-order valence-electron chi connectivity index (χ2n) is 6.70. The third-order valence-electron chi connectivity index (χ3n) is 5.21. The molecule has 0 saturated heterocycles. The molecule has 22 heavy (non-hydrogen) atoms. The average Bonchev–Trinajstić information content (AvgIpc) is 2.54. The van der Waals surface area contributed by atoms with Gasteiger partial charge in [0.1, 0.15) is 16.9 Å². The SMILES string of the molecule is Cc1cc(=NN)oc2cc3c(cc12)CCC1(CCCCC1)O3. The first-order chi connectivity index (χ1) is 10.7. The molecule has 0 bridgehead atoms. The van der Waals surface area contributed by atoms with Crippen molar-refractivity contribution in [2.45, 2.75) is 57.5 Å². The molecule has 0 unspecified atom stereocenters. The molecule has 1 saturated carbocycles. The number of aryl methyl sites for hydroxylation is 2. The number of fused-ring (bicyclic) bond motifs is 2. The minimum atomic E-state index is 0.0593. The van der Waals surface area contributed by atoms with Crippen LogP contribution in [0.25, 0.3) is 11.0 Å². The molecule has 1 aromatic carbocycles. The largest absolute Gasteiger partial charge is 0.487 e. The molecule has 4 nitrogen and oxygen atoms in total. The summed E-state index contributed by atoms with van der Waals surface area (Å²) in [6.45, 7) is 2.06. The van der Waals surface area contributed by atoms with Crippen molar-refractivity contribution in [3.05, 3.63) is 34.9 Å². The van der Waals surface area contributed by atoms with Gasteiger partial charge in [0.05, 0.1) is 0 Å². The van der Waals surface area contributed by atoms with Gasteiger partial charge in [-0.05, 0) is 62.6 Å². The molecule has 2 N–H and O–H groups in total. The van der Waals surface area contributed by atoms with Crippen molar-refractivity contribution in [1.29, 1.82) is 0 Å². The van der Waals surface area contributed by atoms with Gasteiger partial charge in [-0.15, -0.1) is 5.10 Å². The second kappa shape index (κ2) is 5.04. The molecule has 0 atom stereocenters. The van der Waals surface area contributed by atoms with Crippen molar-refractivity contribution in [3.8, 4) is 5.75 Å². The van der Waals surface area contributed by atoms with Crippen molar-refractivity contribution >= 4 is 11.0 Å². The Morgan fingerprint density at radius 2 is 1.91 bits per heavy atom. The molecular formula is C18H22N2O2. The molecule has 2 aliphatic rings. The Morgan fingerprint density at radius 1 is 1.09 bits per heavy atom. The Bertz CT molecular complexity index is 786. The standard InChI is InChI=1S/C18H22N2O2/c1-12-9-17(20-19)21-16-11-15-13(10-14(12)16)5-8-18(22-15)6-3-2-4-7-18/h9-11H,2-8,19H2,1H3. The highest BCUT2D eigenvalue weighted by Crippen LogP contribution is 2.43. The molecule has 0 radical (unpaired) electrons. The zero-order valence-electron chi connectivity index (χ0n) is 13.0. The summed E-state index contributed by atoms with van der Waals surface area (Å²) in [4.78, 5) is 0. The summed E-state index contributed by atoms with van der Waals surface area (Å²) in [5, 5.41) is 4.79. The van der Waals surface area contributed by atoms with E-state index in [1.165, 1.54) is 37.7 Å².